The molecule has 0 spiro atoms. The van der Waals surface area contributed by atoms with Crippen LogP contribution >= 0.6 is 0 Å². The maximum Gasteiger partial charge on any atom is 0.261 e. The zero-order valence-corrected chi connectivity index (χ0v) is 13.6. The van der Waals surface area contributed by atoms with Gasteiger partial charge in [0.2, 0.25) is 0 Å². The largest absolute Gasteiger partial charge is 0.491 e. The Hall–Kier alpha value is -2.21. The van der Waals surface area contributed by atoms with E-state index in [2.05, 4.69) is 4.72 Å². The summed E-state index contributed by atoms with van der Waals surface area (Å²) in [4.78, 5) is 0.180. The van der Waals surface area contributed by atoms with Gasteiger partial charge in [-0.05, 0) is 68.8 Å². The van der Waals surface area contributed by atoms with Crippen molar-refractivity contribution in [2.75, 3.05) is 10.5 Å². The average molecular weight is 320 g/mol. The average Bonchev–Trinajstić information content (AvgIpc) is 2.42. The van der Waals surface area contributed by atoms with Crippen LogP contribution in [0.4, 0.5) is 11.4 Å². The van der Waals surface area contributed by atoms with Crippen molar-refractivity contribution >= 4 is 21.4 Å². The van der Waals surface area contributed by atoms with Gasteiger partial charge in [0.1, 0.15) is 5.75 Å². The lowest BCUT2D eigenvalue weighted by Crippen LogP contribution is -2.14. The first kappa shape index (κ1) is 16.2. The van der Waals surface area contributed by atoms with Crippen LogP contribution in [0, 0.1) is 6.92 Å². The highest BCUT2D eigenvalue weighted by Crippen LogP contribution is 2.23. The van der Waals surface area contributed by atoms with Gasteiger partial charge in [0, 0.05) is 5.69 Å². The lowest BCUT2D eigenvalue weighted by atomic mass is 10.2. The second-order valence-electron chi connectivity index (χ2n) is 5.32. The first-order chi connectivity index (χ1) is 10.3. The summed E-state index contributed by atoms with van der Waals surface area (Å²) < 4.78 is 32.8. The van der Waals surface area contributed by atoms with Crippen LogP contribution in [-0.4, -0.2) is 14.5 Å². The normalized spacial score (nSPS) is 11.5. The fourth-order valence-corrected chi connectivity index (χ4v) is 3.11. The van der Waals surface area contributed by atoms with Crippen LogP contribution in [0.15, 0.2) is 47.4 Å². The van der Waals surface area contributed by atoms with Crippen LogP contribution in [0.5, 0.6) is 5.75 Å². The summed E-state index contributed by atoms with van der Waals surface area (Å²) >= 11 is 0. The van der Waals surface area contributed by atoms with Crippen molar-refractivity contribution in [1.82, 2.24) is 0 Å². The van der Waals surface area contributed by atoms with Gasteiger partial charge in [0.05, 0.1) is 16.7 Å². The zero-order valence-electron chi connectivity index (χ0n) is 12.8. The Balaban J connectivity index is 2.23. The molecule has 0 heterocycles. The first-order valence-electron chi connectivity index (χ1n) is 6.93. The maximum atomic E-state index is 12.4. The topological polar surface area (TPSA) is 81.4 Å². The molecule has 0 aromatic heterocycles. The molecule has 2 rings (SSSR count). The van der Waals surface area contributed by atoms with E-state index in [1.165, 1.54) is 12.1 Å². The lowest BCUT2D eigenvalue weighted by Gasteiger charge is -2.12. The van der Waals surface area contributed by atoms with E-state index in [-0.39, 0.29) is 11.0 Å². The molecule has 0 atom stereocenters. The monoisotopic (exact) mass is 320 g/mol. The summed E-state index contributed by atoms with van der Waals surface area (Å²) in [5, 5.41) is 0. The third-order valence-electron chi connectivity index (χ3n) is 3.00. The van der Waals surface area contributed by atoms with Gasteiger partial charge in [-0.2, -0.15) is 0 Å². The van der Waals surface area contributed by atoms with Crippen LogP contribution in [0.1, 0.15) is 19.4 Å². The fourth-order valence-electron chi connectivity index (χ4n) is 1.97. The van der Waals surface area contributed by atoms with Crippen molar-refractivity contribution in [3.05, 3.63) is 48.0 Å². The summed E-state index contributed by atoms with van der Waals surface area (Å²) in [6.45, 7) is 5.62. The van der Waals surface area contributed by atoms with Crippen molar-refractivity contribution in [2.45, 2.75) is 31.8 Å². The highest BCUT2D eigenvalue weighted by Gasteiger charge is 2.15. The zero-order chi connectivity index (χ0) is 16.3. The number of sulfonamides is 1. The minimum absolute atomic E-state index is 0.0398. The molecule has 0 amide bonds. The number of benzene rings is 2. The van der Waals surface area contributed by atoms with Crippen molar-refractivity contribution in [3.8, 4) is 5.75 Å². The van der Waals surface area contributed by atoms with E-state index in [0.29, 0.717) is 17.1 Å². The van der Waals surface area contributed by atoms with E-state index in [0.717, 1.165) is 5.56 Å². The molecule has 0 bridgehead atoms. The molecule has 0 radical (unpaired) electrons. The molecule has 0 aliphatic carbocycles. The molecular formula is C16H20N2O3S. The lowest BCUT2D eigenvalue weighted by molar-refractivity contribution is 0.242. The molecule has 0 fully saturated rings. The number of anilines is 2. The van der Waals surface area contributed by atoms with Crippen molar-refractivity contribution in [3.63, 3.8) is 0 Å². The van der Waals surface area contributed by atoms with E-state index >= 15 is 0 Å². The van der Waals surface area contributed by atoms with E-state index in [9.17, 15) is 8.42 Å². The Kier molecular flexibility index (Phi) is 4.61. The van der Waals surface area contributed by atoms with Gasteiger partial charge in [-0.25, -0.2) is 8.42 Å². The molecule has 6 heteroatoms. The van der Waals surface area contributed by atoms with E-state index < -0.39 is 10.0 Å². The van der Waals surface area contributed by atoms with Crippen molar-refractivity contribution in [1.29, 1.82) is 0 Å². The molecular weight excluding hydrogens is 300 g/mol. The molecule has 0 unspecified atom stereocenters. The number of hydrogen-bond donors (Lipinski definition) is 2. The van der Waals surface area contributed by atoms with Crippen molar-refractivity contribution < 1.29 is 13.2 Å². The SMILES string of the molecule is Cc1cc(N)ccc1NS(=O)(=O)c1ccc(OC(C)C)cc1. The predicted molar refractivity (Wildman–Crippen MR) is 88.6 cm³/mol. The standard InChI is InChI=1S/C16H20N2O3S/c1-11(2)21-14-5-7-15(8-6-14)22(19,20)18-16-9-4-13(17)10-12(16)3/h4-11,18H,17H2,1-3H3. The number of nitrogens with two attached hydrogens (primary N) is 1. The Morgan fingerprint density at radius 2 is 1.73 bits per heavy atom. The molecule has 0 saturated carbocycles. The molecule has 0 saturated heterocycles. The van der Waals surface area contributed by atoms with Crippen molar-refractivity contribution in [2.24, 2.45) is 0 Å². The third kappa shape index (κ3) is 3.92. The Morgan fingerprint density at radius 1 is 1.09 bits per heavy atom. The predicted octanol–water partition coefficient (Wildman–Crippen LogP) is 3.17. The van der Waals surface area contributed by atoms with Gasteiger partial charge < -0.3 is 10.5 Å². The highest BCUT2D eigenvalue weighted by molar-refractivity contribution is 7.92. The van der Waals surface area contributed by atoms with Gasteiger partial charge in [0.15, 0.2) is 0 Å². The van der Waals surface area contributed by atoms with Crippen LogP contribution < -0.4 is 15.2 Å². The van der Waals surface area contributed by atoms with Crippen LogP contribution in [0.3, 0.4) is 0 Å². The Labute approximate surface area is 131 Å². The van der Waals surface area contributed by atoms with Gasteiger partial charge in [0.25, 0.3) is 10.0 Å². The number of rotatable bonds is 5. The molecule has 3 N–H and O–H groups in total. The molecule has 2 aromatic carbocycles. The molecule has 0 aliphatic heterocycles. The summed E-state index contributed by atoms with van der Waals surface area (Å²) in [6, 6.07) is 11.4. The number of aryl methyl sites for hydroxylation is 1. The Bertz CT molecular complexity index is 753. The number of nitrogens with one attached hydrogen (secondary N) is 1. The molecule has 118 valence electrons. The van der Waals surface area contributed by atoms with Gasteiger partial charge in [-0.1, -0.05) is 0 Å². The van der Waals surface area contributed by atoms with Gasteiger partial charge in [-0.3, -0.25) is 4.72 Å². The van der Waals surface area contributed by atoms with Gasteiger partial charge >= 0.3 is 0 Å². The molecule has 22 heavy (non-hydrogen) atoms. The van der Waals surface area contributed by atoms with E-state index in [1.807, 2.05) is 13.8 Å². The van der Waals surface area contributed by atoms with E-state index in [4.69, 9.17) is 10.5 Å². The fraction of sp³-hybridized carbons (Fsp3) is 0.250. The Morgan fingerprint density at radius 3 is 2.27 bits per heavy atom. The first-order valence-corrected chi connectivity index (χ1v) is 8.42. The van der Waals surface area contributed by atoms with Crippen LogP contribution in [0.2, 0.25) is 0 Å². The van der Waals surface area contributed by atoms with Crippen LogP contribution in [-0.2, 0) is 10.0 Å². The summed E-state index contributed by atoms with van der Waals surface area (Å²) in [6.07, 6.45) is 0.0398. The quantitative estimate of drug-likeness (QED) is 0.829. The summed E-state index contributed by atoms with van der Waals surface area (Å²) in [5.41, 5.74) is 7.54. The number of nitrogen functional groups attached to an aromatic ring is 1. The molecule has 5 nitrogen and oxygen atoms in total. The third-order valence-corrected chi connectivity index (χ3v) is 4.38. The maximum absolute atomic E-state index is 12.4. The summed E-state index contributed by atoms with van der Waals surface area (Å²) in [7, 11) is -3.64. The second-order valence-corrected chi connectivity index (χ2v) is 7.00. The summed E-state index contributed by atoms with van der Waals surface area (Å²) in [5.74, 6) is 0.637. The second kappa shape index (κ2) is 6.27. The van der Waals surface area contributed by atoms with Crippen LogP contribution in [0.25, 0.3) is 0 Å². The minimum Gasteiger partial charge on any atom is -0.491 e. The highest BCUT2D eigenvalue weighted by atomic mass is 32.2. The van der Waals surface area contributed by atoms with Gasteiger partial charge in [-0.15, -0.1) is 0 Å². The van der Waals surface area contributed by atoms with E-state index in [1.54, 1.807) is 37.3 Å². The number of hydrogen-bond acceptors (Lipinski definition) is 4. The smallest absolute Gasteiger partial charge is 0.261 e. The number of ether oxygens (including phenoxy) is 1. The molecule has 2 aromatic rings. The minimum atomic E-state index is -3.64. The molecule has 0 aliphatic rings.